The number of aryl methyl sites for hydroxylation is 4. The summed E-state index contributed by atoms with van der Waals surface area (Å²) in [6.07, 6.45) is 2.12. The predicted molar refractivity (Wildman–Crippen MR) is 105 cm³/mol. The fourth-order valence-corrected chi connectivity index (χ4v) is 3.62. The Labute approximate surface area is 155 Å². The van der Waals surface area contributed by atoms with Crippen molar-refractivity contribution >= 4 is 17.4 Å². The third-order valence-corrected chi connectivity index (χ3v) is 5.06. The number of carbonyl (C=O) groups excluding carboxylic acids is 1. The lowest BCUT2D eigenvalue weighted by Gasteiger charge is -2.30. The Bertz CT molecular complexity index is 800. The first kappa shape index (κ1) is 18.4. The van der Waals surface area contributed by atoms with Crippen LogP contribution < -0.4 is 5.32 Å². The molecular weight excluding hydrogens is 324 g/mol. The van der Waals surface area contributed by atoms with Gasteiger partial charge in [-0.1, -0.05) is 24.6 Å². The molecule has 1 amide bonds. The molecule has 2 aromatic rings. The Morgan fingerprint density at radius 1 is 1.04 bits per heavy atom. The third-order valence-electron chi connectivity index (χ3n) is 5.06. The lowest BCUT2D eigenvalue weighted by Crippen LogP contribution is -2.38. The lowest BCUT2D eigenvalue weighted by atomic mass is 9.99. The van der Waals surface area contributed by atoms with E-state index in [2.05, 4.69) is 55.1 Å². The number of carbonyl (C=O) groups is 1. The van der Waals surface area contributed by atoms with Crippen LogP contribution >= 0.6 is 0 Å². The van der Waals surface area contributed by atoms with Crippen LogP contribution in [-0.2, 0) is 0 Å². The summed E-state index contributed by atoms with van der Waals surface area (Å²) in [5.74, 6) is 1.96. The van der Waals surface area contributed by atoms with Crippen LogP contribution in [0.4, 0.5) is 11.5 Å². The maximum Gasteiger partial charge on any atom is 0.272 e. The second-order valence-electron chi connectivity index (χ2n) is 7.56. The highest BCUT2D eigenvalue weighted by molar-refractivity contribution is 5.93. The molecule has 1 aromatic carbocycles. The third kappa shape index (κ3) is 4.03. The molecule has 2 heterocycles. The Hall–Kier alpha value is -2.43. The molecule has 1 fully saturated rings. The van der Waals surface area contributed by atoms with Crippen molar-refractivity contribution in [1.29, 1.82) is 0 Å². The van der Waals surface area contributed by atoms with E-state index in [1.54, 1.807) is 6.07 Å². The maximum atomic E-state index is 12.8. The van der Waals surface area contributed by atoms with E-state index in [4.69, 9.17) is 0 Å². The zero-order chi connectivity index (χ0) is 18.8. The summed E-state index contributed by atoms with van der Waals surface area (Å²) in [4.78, 5) is 23.6. The van der Waals surface area contributed by atoms with Crippen molar-refractivity contribution in [2.24, 2.45) is 5.92 Å². The van der Waals surface area contributed by atoms with Crippen LogP contribution in [0.15, 0.2) is 18.2 Å². The molecule has 0 unspecified atom stereocenters. The Balaban J connectivity index is 1.85. The molecule has 5 nitrogen and oxygen atoms in total. The molecule has 0 spiro atoms. The monoisotopic (exact) mass is 352 g/mol. The zero-order valence-corrected chi connectivity index (χ0v) is 16.4. The zero-order valence-electron chi connectivity index (χ0n) is 16.4. The summed E-state index contributed by atoms with van der Waals surface area (Å²) in [5, 5.41) is 3.39. The molecule has 0 bridgehead atoms. The van der Waals surface area contributed by atoms with Crippen LogP contribution in [0.3, 0.4) is 0 Å². The molecule has 0 aliphatic carbocycles. The number of benzene rings is 1. The Morgan fingerprint density at radius 3 is 2.27 bits per heavy atom. The van der Waals surface area contributed by atoms with E-state index in [1.807, 2.05) is 11.8 Å². The average molecular weight is 352 g/mol. The number of nitrogens with zero attached hydrogens (tertiary/aromatic N) is 3. The molecule has 26 heavy (non-hydrogen) atoms. The van der Waals surface area contributed by atoms with Crippen LogP contribution in [0.25, 0.3) is 0 Å². The fraction of sp³-hybridized carbons (Fsp3) is 0.476. The molecule has 138 valence electrons. The topological polar surface area (TPSA) is 58.1 Å². The van der Waals surface area contributed by atoms with E-state index in [-0.39, 0.29) is 5.91 Å². The molecule has 1 aromatic heterocycles. The molecule has 1 saturated heterocycles. The highest BCUT2D eigenvalue weighted by Gasteiger charge is 2.23. The second kappa shape index (κ2) is 7.44. The van der Waals surface area contributed by atoms with E-state index >= 15 is 0 Å². The number of piperidine rings is 1. The van der Waals surface area contributed by atoms with E-state index in [0.717, 1.165) is 42.7 Å². The maximum absolute atomic E-state index is 12.8. The molecule has 3 rings (SSSR count). The van der Waals surface area contributed by atoms with Gasteiger partial charge < -0.3 is 10.2 Å². The summed E-state index contributed by atoms with van der Waals surface area (Å²) < 4.78 is 0. The number of likely N-dealkylation sites (tertiary alicyclic amines) is 1. The smallest absolute Gasteiger partial charge is 0.272 e. The van der Waals surface area contributed by atoms with Crippen molar-refractivity contribution in [3.63, 3.8) is 0 Å². The minimum absolute atomic E-state index is 0.00259. The summed E-state index contributed by atoms with van der Waals surface area (Å²) >= 11 is 0. The molecule has 0 saturated carbocycles. The first-order valence-electron chi connectivity index (χ1n) is 9.33. The summed E-state index contributed by atoms with van der Waals surface area (Å²) in [7, 11) is 0. The number of rotatable bonds is 3. The van der Waals surface area contributed by atoms with E-state index in [9.17, 15) is 4.79 Å². The Kier molecular flexibility index (Phi) is 5.25. The number of anilines is 2. The lowest BCUT2D eigenvalue weighted by molar-refractivity contribution is 0.0691. The van der Waals surface area contributed by atoms with Gasteiger partial charge in [-0.3, -0.25) is 4.79 Å². The number of amides is 1. The summed E-state index contributed by atoms with van der Waals surface area (Å²) in [6, 6.07) is 6.06. The second-order valence-corrected chi connectivity index (χ2v) is 7.56. The van der Waals surface area contributed by atoms with Crippen LogP contribution in [0, 0.1) is 33.6 Å². The summed E-state index contributed by atoms with van der Waals surface area (Å²) in [6.45, 7) is 11.9. The van der Waals surface area contributed by atoms with Crippen LogP contribution in [-0.4, -0.2) is 33.9 Å². The van der Waals surface area contributed by atoms with Crippen molar-refractivity contribution in [2.45, 2.75) is 47.5 Å². The van der Waals surface area contributed by atoms with Gasteiger partial charge in [0.05, 0.1) is 0 Å². The van der Waals surface area contributed by atoms with Crippen LogP contribution in [0.2, 0.25) is 0 Å². The first-order valence-corrected chi connectivity index (χ1v) is 9.33. The quantitative estimate of drug-likeness (QED) is 0.893. The fourth-order valence-electron chi connectivity index (χ4n) is 3.62. The number of hydrogen-bond acceptors (Lipinski definition) is 4. The van der Waals surface area contributed by atoms with Crippen molar-refractivity contribution in [3.05, 3.63) is 46.4 Å². The van der Waals surface area contributed by atoms with Gasteiger partial charge in [0.15, 0.2) is 0 Å². The van der Waals surface area contributed by atoms with Gasteiger partial charge in [-0.15, -0.1) is 0 Å². The molecular formula is C21H28N4O. The molecule has 1 N–H and O–H groups in total. The van der Waals surface area contributed by atoms with Crippen LogP contribution in [0.5, 0.6) is 0 Å². The van der Waals surface area contributed by atoms with Crippen molar-refractivity contribution in [1.82, 2.24) is 14.9 Å². The normalized spacial score (nSPS) is 15.2. The van der Waals surface area contributed by atoms with Gasteiger partial charge in [-0.2, -0.15) is 0 Å². The van der Waals surface area contributed by atoms with Gasteiger partial charge in [0.2, 0.25) is 0 Å². The predicted octanol–water partition coefficient (Wildman–Crippen LogP) is 4.33. The van der Waals surface area contributed by atoms with Crippen molar-refractivity contribution < 1.29 is 4.79 Å². The summed E-state index contributed by atoms with van der Waals surface area (Å²) in [5.41, 5.74) is 5.07. The Morgan fingerprint density at radius 2 is 1.65 bits per heavy atom. The molecule has 1 aliphatic heterocycles. The van der Waals surface area contributed by atoms with E-state index in [0.29, 0.717) is 23.3 Å². The largest absolute Gasteiger partial charge is 0.340 e. The molecule has 5 heteroatoms. The van der Waals surface area contributed by atoms with Gasteiger partial charge in [0, 0.05) is 24.8 Å². The first-order chi connectivity index (χ1) is 12.3. The minimum atomic E-state index is 0.00259. The van der Waals surface area contributed by atoms with Gasteiger partial charge in [0.25, 0.3) is 5.91 Å². The molecule has 1 aliphatic rings. The van der Waals surface area contributed by atoms with Crippen molar-refractivity contribution in [2.75, 3.05) is 18.4 Å². The highest BCUT2D eigenvalue weighted by Crippen LogP contribution is 2.26. The average Bonchev–Trinajstić information content (AvgIpc) is 2.57. The SMILES string of the molecule is Cc1cc(C)c(Nc2cc(C(=O)N3CCC(C)CC3)nc(C)n2)c(C)c1. The van der Waals surface area contributed by atoms with Gasteiger partial charge >= 0.3 is 0 Å². The standard InChI is InChI=1S/C21H28N4O/c1-13-6-8-25(9-7-13)21(26)18-12-19(23-17(5)22-18)24-20-15(3)10-14(2)11-16(20)4/h10-13H,6-9H2,1-5H3,(H,22,23,24). The number of nitrogens with one attached hydrogen (secondary N) is 1. The number of aromatic nitrogens is 2. The van der Waals surface area contributed by atoms with Gasteiger partial charge in [-0.05, 0) is 57.6 Å². The van der Waals surface area contributed by atoms with E-state index in [1.165, 1.54) is 5.56 Å². The number of hydrogen-bond donors (Lipinski definition) is 1. The molecule has 0 radical (unpaired) electrons. The van der Waals surface area contributed by atoms with E-state index < -0.39 is 0 Å². The highest BCUT2D eigenvalue weighted by atomic mass is 16.2. The molecule has 0 atom stereocenters. The van der Waals surface area contributed by atoms with Crippen molar-refractivity contribution in [3.8, 4) is 0 Å². The van der Waals surface area contributed by atoms with Gasteiger partial charge in [0.1, 0.15) is 17.3 Å². The van der Waals surface area contributed by atoms with Crippen LogP contribution in [0.1, 0.15) is 52.8 Å². The van der Waals surface area contributed by atoms with Gasteiger partial charge in [-0.25, -0.2) is 9.97 Å². The minimum Gasteiger partial charge on any atom is -0.340 e.